The topological polar surface area (TPSA) is 63.2 Å². The first-order valence-corrected chi connectivity index (χ1v) is 9.04. The maximum absolute atomic E-state index is 11.8. The van der Waals surface area contributed by atoms with Gasteiger partial charge in [-0.05, 0) is 41.7 Å². The van der Waals surface area contributed by atoms with Crippen molar-refractivity contribution in [2.24, 2.45) is 5.41 Å². The lowest BCUT2D eigenvalue weighted by molar-refractivity contribution is -0.122. The molecule has 0 atom stereocenters. The maximum Gasteiger partial charge on any atom is 0.220 e. The Balaban J connectivity index is 1.86. The molecule has 110 valence electrons. The van der Waals surface area contributed by atoms with Crippen LogP contribution in [0.2, 0.25) is 0 Å². The fourth-order valence-corrected chi connectivity index (χ4v) is 3.08. The summed E-state index contributed by atoms with van der Waals surface area (Å²) in [6, 6.07) is 6.57. The summed E-state index contributed by atoms with van der Waals surface area (Å²) in [6.45, 7) is 0.422. The van der Waals surface area contributed by atoms with Crippen LogP contribution in [0.25, 0.3) is 0 Å². The smallest absolute Gasteiger partial charge is 0.220 e. The van der Waals surface area contributed by atoms with Crippen molar-refractivity contribution >= 4 is 28.4 Å². The van der Waals surface area contributed by atoms with E-state index in [4.69, 9.17) is 0 Å². The number of thiol groups is 1. The van der Waals surface area contributed by atoms with E-state index in [1.54, 1.807) is 24.3 Å². The lowest BCUT2D eigenvalue weighted by Crippen LogP contribution is -2.26. The van der Waals surface area contributed by atoms with E-state index in [0.717, 1.165) is 24.2 Å². The molecule has 1 aromatic carbocycles. The van der Waals surface area contributed by atoms with Gasteiger partial charge in [0.2, 0.25) is 5.91 Å². The lowest BCUT2D eigenvalue weighted by Gasteiger charge is -2.11. The zero-order valence-corrected chi connectivity index (χ0v) is 13.1. The standard InChI is InChI=1S/C14H19NO3S2/c1-20(17,18)12-4-2-11(3-5-12)9-15-13(16)8-14(10-19)6-7-14/h2-5,19H,6-10H2,1H3,(H,15,16). The summed E-state index contributed by atoms with van der Waals surface area (Å²) in [6.07, 6.45) is 3.86. The number of rotatable bonds is 6. The van der Waals surface area contributed by atoms with Crippen molar-refractivity contribution in [3.63, 3.8) is 0 Å². The van der Waals surface area contributed by atoms with Crippen LogP contribution in [0.3, 0.4) is 0 Å². The predicted octanol–water partition coefficient (Wildman–Crippen LogP) is 1.81. The van der Waals surface area contributed by atoms with Crippen molar-refractivity contribution in [2.45, 2.75) is 30.7 Å². The van der Waals surface area contributed by atoms with Crippen LogP contribution in [0, 0.1) is 5.41 Å². The number of hydrogen-bond donors (Lipinski definition) is 2. The van der Waals surface area contributed by atoms with Gasteiger partial charge in [-0.25, -0.2) is 8.42 Å². The van der Waals surface area contributed by atoms with E-state index in [-0.39, 0.29) is 11.3 Å². The van der Waals surface area contributed by atoms with Crippen LogP contribution in [0.5, 0.6) is 0 Å². The molecule has 0 saturated heterocycles. The molecule has 1 aliphatic carbocycles. The molecular formula is C14H19NO3S2. The molecule has 0 spiro atoms. The highest BCUT2D eigenvalue weighted by Gasteiger charge is 2.42. The molecule has 0 bridgehead atoms. The number of sulfone groups is 1. The lowest BCUT2D eigenvalue weighted by atomic mass is 10.1. The van der Waals surface area contributed by atoms with E-state index in [9.17, 15) is 13.2 Å². The van der Waals surface area contributed by atoms with Gasteiger partial charge in [0.05, 0.1) is 4.90 Å². The predicted molar refractivity (Wildman–Crippen MR) is 81.5 cm³/mol. The van der Waals surface area contributed by atoms with Gasteiger partial charge >= 0.3 is 0 Å². The Morgan fingerprint density at radius 3 is 2.35 bits per heavy atom. The van der Waals surface area contributed by atoms with E-state index in [1.807, 2.05) is 0 Å². The van der Waals surface area contributed by atoms with Crippen molar-refractivity contribution in [3.05, 3.63) is 29.8 Å². The number of benzene rings is 1. The Kier molecular flexibility index (Phi) is 4.44. The molecule has 1 aromatic rings. The number of carbonyl (C=O) groups is 1. The minimum absolute atomic E-state index is 0.0312. The van der Waals surface area contributed by atoms with Gasteiger partial charge < -0.3 is 5.32 Å². The highest BCUT2D eigenvalue weighted by molar-refractivity contribution is 7.90. The number of hydrogen-bond acceptors (Lipinski definition) is 4. The summed E-state index contributed by atoms with van der Waals surface area (Å²) >= 11 is 4.28. The molecule has 0 heterocycles. The average molecular weight is 313 g/mol. The van der Waals surface area contributed by atoms with Crippen molar-refractivity contribution in [1.29, 1.82) is 0 Å². The van der Waals surface area contributed by atoms with Gasteiger partial charge in [-0.1, -0.05) is 12.1 Å². The fraction of sp³-hybridized carbons (Fsp3) is 0.500. The largest absolute Gasteiger partial charge is 0.352 e. The molecule has 1 N–H and O–H groups in total. The molecule has 2 rings (SSSR count). The van der Waals surface area contributed by atoms with Crippen LogP contribution in [-0.2, 0) is 21.2 Å². The molecule has 4 nitrogen and oxygen atoms in total. The summed E-state index contributed by atoms with van der Waals surface area (Å²) < 4.78 is 22.7. The quantitative estimate of drug-likeness (QED) is 0.787. The van der Waals surface area contributed by atoms with Crippen LogP contribution in [0.4, 0.5) is 0 Å². The molecule has 6 heteroatoms. The van der Waals surface area contributed by atoms with E-state index in [1.165, 1.54) is 6.26 Å². The zero-order chi connectivity index (χ0) is 14.8. The van der Waals surface area contributed by atoms with Gasteiger partial charge in [0.1, 0.15) is 0 Å². The molecule has 1 fully saturated rings. The summed E-state index contributed by atoms with van der Waals surface area (Å²) in [7, 11) is -3.17. The van der Waals surface area contributed by atoms with Gasteiger partial charge in [-0.15, -0.1) is 0 Å². The van der Waals surface area contributed by atoms with E-state index < -0.39 is 9.84 Å². The van der Waals surface area contributed by atoms with Crippen LogP contribution in [0.15, 0.2) is 29.2 Å². The second kappa shape index (κ2) is 5.77. The Morgan fingerprint density at radius 2 is 1.90 bits per heavy atom. The minimum atomic E-state index is -3.17. The third-order valence-corrected chi connectivity index (χ3v) is 5.47. The molecule has 0 unspecified atom stereocenters. The van der Waals surface area contributed by atoms with Crippen molar-refractivity contribution < 1.29 is 13.2 Å². The molecule has 1 aliphatic rings. The van der Waals surface area contributed by atoms with Crippen molar-refractivity contribution in [2.75, 3.05) is 12.0 Å². The Bertz CT molecular complexity index is 589. The number of amides is 1. The first kappa shape index (κ1) is 15.4. The second-order valence-electron chi connectivity index (χ2n) is 5.53. The van der Waals surface area contributed by atoms with Gasteiger partial charge in [0, 0.05) is 19.2 Å². The highest BCUT2D eigenvalue weighted by atomic mass is 32.2. The first-order valence-electron chi connectivity index (χ1n) is 6.51. The van der Waals surface area contributed by atoms with Crippen LogP contribution in [0.1, 0.15) is 24.8 Å². The van der Waals surface area contributed by atoms with Gasteiger partial charge in [0.15, 0.2) is 9.84 Å². The molecule has 20 heavy (non-hydrogen) atoms. The van der Waals surface area contributed by atoms with Gasteiger partial charge in [-0.3, -0.25) is 4.79 Å². The Hall–Kier alpha value is -1.01. The Morgan fingerprint density at radius 1 is 1.30 bits per heavy atom. The third-order valence-electron chi connectivity index (χ3n) is 3.67. The van der Waals surface area contributed by atoms with Crippen molar-refractivity contribution in [3.8, 4) is 0 Å². The molecule has 0 aromatic heterocycles. The molecule has 1 saturated carbocycles. The van der Waals surface area contributed by atoms with E-state index in [2.05, 4.69) is 17.9 Å². The SMILES string of the molecule is CS(=O)(=O)c1ccc(CNC(=O)CC2(CS)CC2)cc1. The first-order chi connectivity index (χ1) is 9.35. The summed E-state index contributed by atoms with van der Waals surface area (Å²) in [5, 5.41) is 2.87. The normalized spacial score (nSPS) is 16.7. The average Bonchev–Trinajstić information content (AvgIpc) is 3.16. The molecule has 0 aliphatic heterocycles. The van der Waals surface area contributed by atoms with E-state index >= 15 is 0 Å². The van der Waals surface area contributed by atoms with Crippen LogP contribution >= 0.6 is 12.6 Å². The third kappa shape index (κ3) is 3.99. The van der Waals surface area contributed by atoms with E-state index in [0.29, 0.717) is 17.9 Å². The number of carbonyl (C=O) groups excluding carboxylic acids is 1. The highest BCUT2D eigenvalue weighted by Crippen LogP contribution is 2.49. The fourth-order valence-electron chi connectivity index (χ4n) is 2.03. The van der Waals surface area contributed by atoms with Crippen molar-refractivity contribution in [1.82, 2.24) is 5.32 Å². The minimum Gasteiger partial charge on any atom is -0.352 e. The summed E-state index contributed by atoms with van der Waals surface area (Å²) in [5.41, 5.74) is 1.01. The van der Waals surface area contributed by atoms with Crippen LogP contribution < -0.4 is 5.32 Å². The zero-order valence-electron chi connectivity index (χ0n) is 11.4. The molecule has 0 radical (unpaired) electrons. The summed E-state index contributed by atoms with van der Waals surface area (Å²) in [4.78, 5) is 12.1. The monoisotopic (exact) mass is 313 g/mol. The number of nitrogens with one attached hydrogen (secondary N) is 1. The second-order valence-corrected chi connectivity index (χ2v) is 7.86. The summed E-state index contributed by atoms with van der Waals surface area (Å²) in [5.74, 6) is 0.785. The molecular weight excluding hydrogens is 294 g/mol. The molecule has 1 amide bonds. The van der Waals surface area contributed by atoms with Gasteiger partial charge in [-0.2, -0.15) is 12.6 Å². The Labute approximate surface area is 125 Å². The van der Waals surface area contributed by atoms with Crippen LogP contribution in [-0.4, -0.2) is 26.3 Å². The van der Waals surface area contributed by atoms with Gasteiger partial charge in [0.25, 0.3) is 0 Å². The maximum atomic E-state index is 11.8.